The lowest BCUT2D eigenvalue weighted by atomic mass is 10.1. The number of rotatable bonds is 4. The highest BCUT2D eigenvalue weighted by molar-refractivity contribution is 5.56. The molecule has 0 aromatic heterocycles. The van der Waals surface area contributed by atoms with Gasteiger partial charge >= 0.3 is 0 Å². The molecule has 2 N–H and O–H groups in total. The molecule has 1 aliphatic rings. The van der Waals surface area contributed by atoms with E-state index in [1.807, 2.05) is 6.07 Å². The Morgan fingerprint density at radius 3 is 3.00 bits per heavy atom. The SMILES string of the molecule is CN1CCCC1CCOc1ccc(C#N)c(N)c1. The van der Waals surface area contributed by atoms with Gasteiger partial charge in [0, 0.05) is 12.1 Å². The molecule has 0 saturated carbocycles. The largest absolute Gasteiger partial charge is 0.493 e. The van der Waals surface area contributed by atoms with Gasteiger partial charge in [-0.05, 0) is 45.0 Å². The van der Waals surface area contributed by atoms with Crippen LogP contribution in [0.25, 0.3) is 0 Å². The van der Waals surface area contributed by atoms with Crippen LogP contribution in [0.15, 0.2) is 18.2 Å². The van der Waals surface area contributed by atoms with E-state index in [2.05, 4.69) is 11.9 Å². The van der Waals surface area contributed by atoms with Crippen LogP contribution >= 0.6 is 0 Å². The van der Waals surface area contributed by atoms with E-state index < -0.39 is 0 Å². The van der Waals surface area contributed by atoms with Crippen molar-refractivity contribution in [2.24, 2.45) is 0 Å². The second-order valence-corrected chi connectivity index (χ2v) is 4.77. The molecule has 18 heavy (non-hydrogen) atoms. The first-order valence-corrected chi connectivity index (χ1v) is 6.33. The molecule has 2 rings (SSSR count). The van der Waals surface area contributed by atoms with E-state index in [9.17, 15) is 0 Å². The Balaban J connectivity index is 1.83. The van der Waals surface area contributed by atoms with Crippen molar-refractivity contribution in [2.75, 3.05) is 25.9 Å². The van der Waals surface area contributed by atoms with Crippen molar-refractivity contribution in [1.29, 1.82) is 5.26 Å². The molecule has 1 aliphatic heterocycles. The van der Waals surface area contributed by atoms with Gasteiger partial charge < -0.3 is 15.4 Å². The summed E-state index contributed by atoms with van der Waals surface area (Å²) in [5.74, 6) is 0.743. The molecule has 0 amide bonds. The Bertz CT molecular complexity index is 453. The van der Waals surface area contributed by atoms with Gasteiger partial charge in [0.2, 0.25) is 0 Å². The van der Waals surface area contributed by atoms with Crippen LogP contribution in [-0.2, 0) is 0 Å². The molecule has 1 aromatic rings. The molecular formula is C14H19N3O. The third-order valence-corrected chi connectivity index (χ3v) is 3.53. The van der Waals surface area contributed by atoms with Crippen LogP contribution in [0.5, 0.6) is 5.75 Å². The highest BCUT2D eigenvalue weighted by atomic mass is 16.5. The van der Waals surface area contributed by atoms with Gasteiger partial charge in [0.1, 0.15) is 11.8 Å². The Labute approximate surface area is 108 Å². The van der Waals surface area contributed by atoms with Crippen LogP contribution in [0.3, 0.4) is 0 Å². The molecule has 0 bridgehead atoms. The Morgan fingerprint density at radius 2 is 2.39 bits per heavy atom. The molecule has 1 atom stereocenters. The summed E-state index contributed by atoms with van der Waals surface area (Å²) in [5.41, 5.74) is 6.71. The third-order valence-electron chi connectivity index (χ3n) is 3.53. The summed E-state index contributed by atoms with van der Waals surface area (Å²) < 4.78 is 5.68. The second kappa shape index (κ2) is 5.74. The number of nitrogen functional groups attached to an aromatic ring is 1. The topological polar surface area (TPSA) is 62.3 Å². The highest BCUT2D eigenvalue weighted by Gasteiger charge is 2.20. The monoisotopic (exact) mass is 245 g/mol. The number of hydrogen-bond donors (Lipinski definition) is 1. The molecule has 1 unspecified atom stereocenters. The number of nitrogens with two attached hydrogens (primary N) is 1. The van der Waals surface area contributed by atoms with Crippen molar-refractivity contribution in [3.8, 4) is 11.8 Å². The van der Waals surface area contributed by atoms with E-state index in [1.54, 1.807) is 18.2 Å². The van der Waals surface area contributed by atoms with Gasteiger partial charge in [-0.3, -0.25) is 0 Å². The molecule has 4 heteroatoms. The van der Waals surface area contributed by atoms with Crippen molar-refractivity contribution in [2.45, 2.75) is 25.3 Å². The summed E-state index contributed by atoms with van der Waals surface area (Å²) in [6.45, 7) is 1.88. The van der Waals surface area contributed by atoms with Crippen molar-refractivity contribution in [3.05, 3.63) is 23.8 Å². The number of hydrogen-bond acceptors (Lipinski definition) is 4. The molecule has 96 valence electrons. The number of nitriles is 1. The molecule has 1 aromatic carbocycles. The van der Waals surface area contributed by atoms with Gasteiger partial charge in [0.15, 0.2) is 0 Å². The number of likely N-dealkylation sites (tertiary alicyclic amines) is 1. The average molecular weight is 245 g/mol. The first-order valence-electron chi connectivity index (χ1n) is 6.33. The van der Waals surface area contributed by atoms with Crippen molar-refractivity contribution in [1.82, 2.24) is 4.90 Å². The summed E-state index contributed by atoms with van der Waals surface area (Å²) in [6.07, 6.45) is 3.58. The fourth-order valence-electron chi connectivity index (χ4n) is 2.39. The third kappa shape index (κ3) is 2.93. The standard InChI is InChI=1S/C14H19N3O/c1-17-7-2-3-12(17)6-8-18-13-5-4-11(10-15)14(16)9-13/h4-5,9,12H,2-3,6-8,16H2,1H3. The first kappa shape index (κ1) is 12.7. The minimum atomic E-state index is 0.480. The van der Waals surface area contributed by atoms with Gasteiger partial charge in [-0.15, -0.1) is 0 Å². The summed E-state index contributed by atoms with van der Waals surface area (Å²) in [5, 5.41) is 8.78. The number of ether oxygens (including phenoxy) is 1. The van der Waals surface area contributed by atoms with Crippen LogP contribution in [-0.4, -0.2) is 31.1 Å². The van der Waals surface area contributed by atoms with Crippen LogP contribution in [0, 0.1) is 11.3 Å². The second-order valence-electron chi connectivity index (χ2n) is 4.77. The summed E-state index contributed by atoms with van der Waals surface area (Å²) >= 11 is 0. The van der Waals surface area contributed by atoms with Crippen molar-refractivity contribution < 1.29 is 4.74 Å². The smallest absolute Gasteiger partial charge is 0.121 e. The quantitative estimate of drug-likeness (QED) is 0.824. The minimum Gasteiger partial charge on any atom is -0.493 e. The van der Waals surface area contributed by atoms with Crippen molar-refractivity contribution in [3.63, 3.8) is 0 Å². The van der Waals surface area contributed by atoms with Crippen LogP contribution in [0.1, 0.15) is 24.8 Å². The van der Waals surface area contributed by atoms with E-state index in [0.717, 1.165) is 12.2 Å². The lowest BCUT2D eigenvalue weighted by Gasteiger charge is -2.19. The minimum absolute atomic E-state index is 0.480. The fourth-order valence-corrected chi connectivity index (χ4v) is 2.39. The maximum atomic E-state index is 8.78. The predicted octanol–water partition coefficient (Wildman–Crippen LogP) is 2.00. The zero-order valence-corrected chi connectivity index (χ0v) is 10.7. The molecule has 4 nitrogen and oxygen atoms in total. The average Bonchev–Trinajstić information content (AvgIpc) is 2.75. The lowest BCUT2D eigenvalue weighted by Crippen LogP contribution is -2.26. The summed E-state index contributed by atoms with van der Waals surface area (Å²) in [4.78, 5) is 2.39. The Morgan fingerprint density at radius 1 is 1.56 bits per heavy atom. The van der Waals surface area contributed by atoms with Crippen LogP contribution in [0.2, 0.25) is 0 Å². The zero-order chi connectivity index (χ0) is 13.0. The molecule has 0 spiro atoms. The Hall–Kier alpha value is -1.73. The molecule has 0 aliphatic carbocycles. The Kier molecular flexibility index (Phi) is 4.06. The summed E-state index contributed by atoms with van der Waals surface area (Å²) in [6, 6.07) is 7.90. The van der Waals surface area contributed by atoms with Crippen molar-refractivity contribution >= 4 is 5.69 Å². The predicted molar refractivity (Wildman–Crippen MR) is 71.3 cm³/mol. The van der Waals surface area contributed by atoms with E-state index in [-0.39, 0.29) is 0 Å². The lowest BCUT2D eigenvalue weighted by molar-refractivity contribution is 0.233. The van der Waals surface area contributed by atoms with E-state index in [0.29, 0.717) is 23.9 Å². The van der Waals surface area contributed by atoms with E-state index >= 15 is 0 Å². The number of anilines is 1. The highest BCUT2D eigenvalue weighted by Crippen LogP contribution is 2.21. The molecule has 1 saturated heterocycles. The van der Waals surface area contributed by atoms with E-state index in [4.69, 9.17) is 15.7 Å². The van der Waals surface area contributed by atoms with Crippen LogP contribution < -0.4 is 10.5 Å². The maximum Gasteiger partial charge on any atom is 0.121 e. The summed E-state index contributed by atoms with van der Waals surface area (Å²) in [7, 11) is 2.16. The first-order chi connectivity index (χ1) is 8.70. The van der Waals surface area contributed by atoms with Gasteiger partial charge in [-0.25, -0.2) is 0 Å². The molecular weight excluding hydrogens is 226 g/mol. The molecule has 1 heterocycles. The van der Waals surface area contributed by atoms with Gasteiger partial charge in [0.25, 0.3) is 0 Å². The molecule has 0 radical (unpaired) electrons. The van der Waals surface area contributed by atoms with E-state index in [1.165, 1.54) is 19.4 Å². The van der Waals surface area contributed by atoms with Crippen LogP contribution in [0.4, 0.5) is 5.69 Å². The molecule has 1 fully saturated rings. The van der Waals surface area contributed by atoms with Gasteiger partial charge in [0.05, 0.1) is 17.9 Å². The van der Waals surface area contributed by atoms with Gasteiger partial charge in [-0.1, -0.05) is 0 Å². The number of nitrogens with zero attached hydrogens (tertiary/aromatic N) is 2. The van der Waals surface area contributed by atoms with Gasteiger partial charge in [-0.2, -0.15) is 5.26 Å². The fraction of sp³-hybridized carbons (Fsp3) is 0.500. The zero-order valence-electron chi connectivity index (χ0n) is 10.7. The number of benzene rings is 1. The maximum absolute atomic E-state index is 8.78. The normalized spacial score (nSPS) is 19.7.